The Morgan fingerprint density at radius 3 is 0.764 bits per heavy atom. The highest BCUT2D eigenvalue weighted by atomic mass is 31.2. The highest BCUT2D eigenvalue weighted by Gasteiger charge is 2.27. The molecule has 2 N–H and O–H groups in total. The zero-order valence-corrected chi connectivity index (χ0v) is 75.7. The predicted molar refractivity (Wildman–Crippen MR) is 471 cm³/mol. The van der Waals surface area contributed by atoms with Crippen molar-refractivity contribution >= 4 is 25.7 Å². The number of ether oxygens (including phenoxy) is 3. The Kier molecular flexibility index (Phi) is 91.6. The fourth-order valence-electron chi connectivity index (χ4n) is 15.0. The number of aliphatic hydroxyl groups is 2. The number of hydrogen-bond acceptors (Lipinski definition) is 14. The zero-order valence-electron chi connectivity index (χ0n) is 74.8. The third-order valence-electron chi connectivity index (χ3n) is 22.4. The van der Waals surface area contributed by atoms with Gasteiger partial charge in [-0.25, -0.2) is 4.57 Å². The molecule has 0 radical (unpaired) electrons. The molecule has 110 heavy (non-hydrogen) atoms. The molecule has 0 saturated heterocycles. The van der Waals surface area contributed by atoms with Crippen LogP contribution in [0.15, 0.2) is 0 Å². The van der Waals surface area contributed by atoms with E-state index in [2.05, 4.69) is 58.3 Å². The molecule has 0 heterocycles. The molecule has 3 atom stereocenters. The standard InChI is InChI=1S/C52H103NO5.C43H88NO7P/c1-5-9-13-17-25-33-41-49(39-31-15-11-7-3)51(55)57-47-37-29-23-19-21-27-35-43-53(45-46-54)44-36-28-22-20-24-30-38-48-58-52(56)50(40-32-16-12-8-4)42-34-26-18-14-10-6-2;1-5-8-11-14-19-26-33-42(4)51-43(46)34-27-20-17-21-28-35-44(37-38-45)36-29-22-18-25-32-41-50-52(47,48-39-30-23-15-12-9-6-2)49-40-31-24-16-13-10-7-3/h49-50,54H,5-48H2,1-4H3;42,45H,5-41H2,1-4H3. The molecule has 0 fully saturated rings. The van der Waals surface area contributed by atoms with E-state index in [4.69, 9.17) is 27.8 Å². The molecule has 0 amide bonds. The van der Waals surface area contributed by atoms with E-state index in [1.807, 2.05) is 6.92 Å². The van der Waals surface area contributed by atoms with Crippen molar-refractivity contribution < 1.29 is 56.9 Å². The molecule has 0 aromatic heterocycles. The summed E-state index contributed by atoms with van der Waals surface area (Å²) in [5.74, 6) is 0.311. The average Bonchev–Trinajstić information content (AvgIpc) is 0.908. The number of nitrogens with zero attached hydrogens (tertiary/aromatic N) is 2. The van der Waals surface area contributed by atoms with E-state index in [1.54, 1.807) is 0 Å². The van der Waals surface area contributed by atoms with Gasteiger partial charge in [0.15, 0.2) is 0 Å². The van der Waals surface area contributed by atoms with Crippen LogP contribution in [0.4, 0.5) is 0 Å². The minimum Gasteiger partial charge on any atom is -0.465 e. The summed E-state index contributed by atoms with van der Waals surface area (Å²) in [6, 6.07) is 0. The van der Waals surface area contributed by atoms with E-state index < -0.39 is 7.82 Å². The molecule has 0 saturated carbocycles. The normalized spacial score (nSPS) is 12.6. The fourth-order valence-corrected chi connectivity index (χ4v) is 16.3. The number of hydrogen-bond donors (Lipinski definition) is 2. The molecule has 15 heteroatoms. The summed E-state index contributed by atoms with van der Waals surface area (Å²) < 4.78 is 47.8. The Hall–Kier alpha value is -1.64. The summed E-state index contributed by atoms with van der Waals surface area (Å²) in [6.07, 6.45) is 79.4. The summed E-state index contributed by atoms with van der Waals surface area (Å²) in [5.41, 5.74) is 0. The van der Waals surface area contributed by atoms with Crippen molar-refractivity contribution in [2.75, 3.05) is 85.5 Å². The summed E-state index contributed by atoms with van der Waals surface area (Å²) in [5, 5.41) is 19.2. The van der Waals surface area contributed by atoms with Crippen molar-refractivity contribution in [3.63, 3.8) is 0 Å². The van der Waals surface area contributed by atoms with Gasteiger partial charge in [-0.3, -0.25) is 28.0 Å². The highest BCUT2D eigenvalue weighted by Crippen LogP contribution is 2.50. The van der Waals surface area contributed by atoms with E-state index in [1.165, 1.54) is 250 Å². The largest absolute Gasteiger partial charge is 0.474 e. The van der Waals surface area contributed by atoms with Gasteiger partial charge in [-0.2, -0.15) is 0 Å². The molecule has 0 aromatic rings. The molecule has 14 nitrogen and oxygen atoms in total. The number of esters is 3. The van der Waals surface area contributed by atoms with Crippen molar-refractivity contribution in [1.82, 2.24) is 9.80 Å². The van der Waals surface area contributed by atoms with Crippen molar-refractivity contribution in [3.8, 4) is 0 Å². The van der Waals surface area contributed by atoms with Crippen LogP contribution in [0, 0.1) is 11.8 Å². The quantitative estimate of drug-likeness (QED) is 0.0255. The second-order valence-electron chi connectivity index (χ2n) is 33.2. The monoisotopic (exact) mass is 1580 g/mol. The van der Waals surface area contributed by atoms with Crippen LogP contribution in [0.5, 0.6) is 0 Å². The third-order valence-corrected chi connectivity index (χ3v) is 23.9. The maximum atomic E-state index is 13.3. The van der Waals surface area contributed by atoms with Crippen LogP contribution in [-0.2, 0) is 46.7 Å². The van der Waals surface area contributed by atoms with Crippen LogP contribution in [0.3, 0.4) is 0 Å². The first-order valence-electron chi connectivity index (χ1n) is 48.7. The van der Waals surface area contributed by atoms with Gasteiger partial charge >= 0.3 is 25.7 Å². The third kappa shape index (κ3) is 81.5. The van der Waals surface area contributed by atoms with Gasteiger partial charge in [0.25, 0.3) is 0 Å². The number of unbranched alkanes of at least 4 members (excludes halogenated alkanes) is 51. The second-order valence-corrected chi connectivity index (χ2v) is 34.9. The lowest BCUT2D eigenvalue weighted by Gasteiger charge is -2.21. The van der Waals surface area contributed by atoms with E-state index >= 15 is 0 Å². The first-order chi connectivity index (χ1) is 53.9. The summed E-state index contributed by atoms with van der Waals surface area (Å²) in [7, 11) is -3.51. The Morgan fingerprint density at radius 1 is 0.273 bits per heavy atom. The average molecular weight is 1580 g/mol. The molecule has 0 aliphatic heterocycles. The van der Waals surface area contributed by atoms with Crippen molar-refractivity contribution in [2.24, 2.45) is 11.8 Å². The minimum absolute atomic E-state index is 0.0365. The van der Waals surface area contributed by atoms with Crippen molar-refractivity contribution in [1.29, 1.82) is 0 Å². The van der Waals surface area contributed by atoms with E-state index in [0.717, 1.165) is 219 Å². The van der Waals surface area contributed by atoms with Gasteiger partial charge in [0.05, 0.1) is 64.2 Å². The van der Waals surface area contributed by atoms with Gasteiger partial charge in [-0.1, -0.05) is 376 Å². The van der Waals surface area contributed by atoms with Crippen LogP contribution in [0.2, 0.25) is 0 Å². The Labute approximate surface area is 684 Å². The number of phosphoric ester groups is 1. The molecular formula is C95H191N2O12P. The van der Waals surface area contributed by atoms with Crippen LogP contribution in [0.25, 0.3) is 0 Å². The van der Waals surface area contributed by atoms with Gasteiger partial charge in [0.1, 0.15) is 0 Å². The van der Waals surface area contributed by atoms with Gasteiger partial charge in [-0.15, -0.1) is 0 Å². The molecule has 0 aliphatic rings. The van der Waals surface area contributed by atoms with Crippen LogP contribution in [0.1, 0.15) is 492 Å². The minimum atomic E-state index is -3.51. The molecule has 0 aliphatic carbocycles. The van der Waals surface area contributed by atoms with Gasteiger partial charge in [0, 0.05) is 19.5 Å². The number of phosphoric acid groups is 1. The highest BCUT2D eigenvalue weighted by molar-refractivity contribution is 7.48. The number of aliphatic hydroxyl groups excluding tert-OH is 2. The second kappa shape index (κ2) is 91.3. The molecule has 0 spiro atoms. The molecular weight excluding hydrogens is 1390 g/mol. The molecule has 3 unspecified atom stereocenters. The molecule has 658 valence electrons. The van der Waals surface area contributed by atoms with Crippen molar-refractivity contribution in [3.05, 3.63) is 0 Å². The van der Waals surface area contributed by atoms with E-state index in [0.29, 0.717) is 39.5 Å². The molecule has 0 aromatic carbocycles. The maximum Gasteiger partial charge on any atom is 0.474 e. The Bertz CT molecular complexity index is 1800. The van der Waals surface area contributed by atoms with Crippen LogP contribution >= 0.6 is 7.82 Å². The summed E-state index contributed by atoms with van der Waals surface area (Å²) in [6.45, 7) is 26.3. The van der Waals surface area contributed by atoms with Gasteiger partial charge in [-0.05, 0) is 136 Å². The van der Waals surface area contributed by atoms with E-state index in [9.17, 15) is 29.2 Å². The smallest absolute Gasteiger partial charge is 0.465 e. The fraction of sp³-hybridized carbons (Fsp3) is 0.968. The SMILES string of the molecule is CCCCCCCCC(CCCCCC)C(=O)OCCCCCCCCCN(CCO)CCCCCCCCCOC(=O)C(CCCCCC)CCCCCCCC.CCCCCCCCOP(=O)(OCCCCCCCC)OCCCCCCCN(CCO)CCCCCCCC(=O)OC(C)CCCCCCCC. The topological polar surface area (TPSA) is 171 Å². The molecule has 0 rings (SSSR count). The Balaban J connectivity index is 0. The summed E-state index contributed by atoms with van der Waals surface area (Å²) in [4.78, 5) is 42.8. The summed E-state index contributed by atoms with van der Waals surface area (Å²) >= 11 is 0. The van der Waals surface area contributed by atoms with Crippen LogP contribution < -0.4 is 0 Å². The van der Waals surface area contributed by atoms with Crippen LogP contribution in [-0.4, -0.2) is 130 Å². The zero-order chi connectivity index (χ0) is 80.6. The first-order valence-corrected chi connectivity index (χ1v) is 50.1. The van der Waals surface area contributed by atoms with Gasteiger partial charge < -0.3 is 34.2 Å². The first kappa shape index (κ1) is 110. The van der Waals surface area contributed by atoms with Gasteiger partial charge in [0.2, 0.25) is 0 Å². The number of rotatable bonds is 91. The lowest BCUT2D eigenvalue weighted by atomic mass is 9.94. The maximum absolute atomic E-state index is 13.3. The lowest BCUT2D eigenvalue weighted by molar-refractivity contribution is -0.150. The Morgan fingerprint density at radius 2 is 0.491 bits per heavy atom. The van der Waals surface area contributed by atoms with Crippen molar-refractivity contribution in [2.45, 2.75) is 498 Å². The van der Waals surface area contributed by atoms with E-state index in [-0.39, 0.29) is 49.1 Å². The number of carbonyl (C=O) groups excluding carboxylic acids is 3. The lowest BCUT2D eigenvalue weighted by Crippen LogP contribution is -2.29. The number of carbonyl (C=O) groups is 3. The molecule has 0 bridgehead atoms. The predicted octanol–water partition coefficient (Wildman–Crippen LogP) is 28.6.